The van der Waals surface area contributed by atoms with Gasteiger partial charge in [0.25, 0.3) is 0 Å². The number of rotatable bonds is 2. The maximum Gasteiger partial charge on any atom is 0.302 e. The summed E-state index contributed by atoms with van der Waals surface area (Å²) in [5.41, 5.74) is 1.29. The maximum atomic E-state index is 11.6. The summed E-state index contributed by atoms with van der Waals surface area (Å²) in [5.74, 6) is 3.08. The van der Waals surface area contributed by atoms with Gasteiger partial charge < -0.3 is 9.84 Å². The van der Waals surface area contributed by atoms with E-state index in [9.17, 15) is 9.90 Å². The SMILES string of the molecule is CC(=O)O[C@@H]1CC[C@]2(C)[C@H](CC[C@@]34C[C@H]5[C@@H](C[C@H]32)[C@@]5(C)C4)[C@@]1(C)CO. The fourth-order valence-corrected chi connectivity index (χ4v) is 9.24. The van der Waals surface area contributed by atoms with Crippen LogP contribution in [0.3, 0.4) is 0 Å². The highest BCUT2D eigenvalue weighted by molar-refractivity contribution is 5.66. The van der Waals surface area contributed by atoms with Crippen LogP contribution in [0, 0.1) is 45.3 Å². The Hall–Kier alpha value is -0.570. The molecule has 1 spiro atoms. The van der Waals surface area contributed by atoms with E-state index in [0.717, 1.165) is 30.6 Å². The topological polar surface area (TPSA) is 46.5 Å². The first kappa shape index (κ1) is 16.6. The van der Waals surface area contributed by atoms with Crippen LogP contribution in [0.2, 0.25) is 0 Å². The Morgan fingerprint density at radius 2 is 1.84 bits per heavy atom. The Balaban J connectivity index is 1.50. The third-order valence-electron chi connectivity index (χ3n) is 10.3. The molecule has 25 heavy (non-hydrogen) atoms. The summed E-state index contributed by atoms with van der Waals surface area (Å²) in [7, 11) is 0. The first-order valence-electron chi connectivity index (χ1n) is 10.5. The molecule has 9 atom stereocenters. The number of fused-ring (bicyclic) bond motifs is 1. The lowest BCUT2D eigenvalue weighted by molar-refractivity contribution is -0.216. The number of hydrogen-bond acceptors (Lipinski definition) is 3. The van der Waals surface area contributed by atoms with Gasteiger partial charge in [0.05, 0.1) is 6.61 Å². The zero-order valence-corrected chi connectivity index (χ0v) is 16.3. The van der Waals surface area contributed by atoms with Crippen molar-refractivity contribution in [2.45, 2.75) is 78.7 Å². The van der Waals surface area contributed by atoms with Gasteiger partial charge in [-0.1, -0.05) is 20.8 Å². The summed E-state index contributed by atoms with van der Waals surface area (Å²) in [6, 6.07) is 0. The number of aliphatic hydroxyl groups is 1. The van der Waals surface area contributed by atoms with Crippen LogP contribution >= 0.6 is 0 Å². The van der Waals surface area contributed by atoms with Gasteiger partial charge in [-0.3, -0.25) is 4.79 Å². The van der Waals surface area contributed by atoms with Crippen molar-refractivity contribution in [1.82, 2.24) is 0 Å². The zero-order chi connectivity index (χ0) is 17.8. The molecule has 3 nitrogen and oxygen atoms in total. The van der Waals surface area contributed by atoms with E-state index in [4.69, 9.17) is 4.74 Å². The van der Waals surface area contributed by atoms with Crippen LogP contribution in [0.15, 0.2) is 0 Å². The van der Waals surface area contributed by atoms with Gasteiger partial charge in [-0.15, -0.1) is 0 Å². The van der Waals surface area contributed by atoms with E-state index in [1.165, 1.54) is 39.0 Å². The lowest BCUT2D eigenvalue weighted by Crippen LogP contribution is -2.62. The average Bonchev–Trinajstić information content (AvgIpc) is 3.00. The Kier molecular flexibility index (Phi) is 3.08. The van der Waals surface area contributed by atoms with Crippen LogP contribution in [0.5, 0.6) is 0 Å². The molecular formula is C22H34O3. The number of hydrogen-bond donors (Lipinski definition) is 1. The molecule has 0 heterocycles. The minimum absolute atomic E-state index is 0.119. The second-order valence-corrected chi connectivity index (χ2v) is 11.1. The molecule has 1 N–H and O–H groups in total. The van der Waals surface area contributed by atoms with Crippen molar-refractivity contribution < 1.29 is 14.6 Å². The number of carbonyl (C=O) groups excluding carboxylic acids is 1. The predicted octanol–water partition coefficient (Wildman–Crippen LogP) is 4.18. The number of esters is 1. The second-order valence-electron chi connectivity index (χ2n) is 11.1. The van der Waals surface area contributed by atoms with Crippen molar-refractivity contribution >= 4 is 5.97 Å². The summed E-state index contributed by atoms with van der Waals surface area (Å²) in [4.78, 5) is 11.6. The molecule has 0 amide bonds. The quantitative estimate of drug-likeness (QED) is 0.763. The van der Waals surface area contributed by atoms with E-state index in [1.807, 2.05) is 0 Å². The molecule has 0 saturated heterocycles. The van der Waals surface area contributed by atoms with Crippen molar-refractivity contribution in [3.05, 3.63) is 0 Å². The molecule has 0 radical (unpaired) electrons. The standard InChI is InChI=1S/C22H34O3/c1-13(24)25-18-6-7-19(2)16(21(18,4)12-23)5-8-22-10-15-14(9-17(19)22)20(15,3)11-22/h14-18,23H,5-12H2,1-4H3/t14-,15+,16+,17+,18-,19-,20-,21-,22+/m1/s1. The molecule has 0 aromatic carbocycles. The first-order valence-corrected chi connectivity index (χ1v) is 10.5. The molecule has 0 unspecified atom stereocenters. The van der Waals surface area contributed by atoms with Crippen LogP contribution in [-0.4, -0.2) is 23.8 Å². The molecule has 140 valence electrons. The van der Waals surface area contributed by atoms with Gasteiger partial charge in [0.1, 0.15) is 6.10 Å². The van der Waals surface area contributed by atoms with Gasteiger partial charge in [-0.05, 0) is 84.9 Å². The molecule has 0 aromatic heterocycles. The van der Waals surface area contributed by atoms with Gasteiger partial charge in [0, 0.05) is 12.3 Å². The van der Waals surface area contributed by atoms with Crippen LogP contribution in [0.1, 0.15) is 72.6 Å². The van der Waals surface area contributed by atoms with Gasteiger partial charge in [0.15, 0.2) is 0 Å². The van der Waals surface area contributed by atoms with Gasteiger partial charge >= 0.3 is 5.97 Å². The Bertz CT molecular complexity index is 631. The predicted molar refractivity (Wildman–Crippen MR) is 95.7 cm³/mol. The Morgan fingerprint density at radius 1 is 1.08 bits per heavy atom. The van der Waals surface area contributed by atoms with E-state index in [1.54, 1.807) is 0 Å². The number of ether oxygens (including phenoxy) is 1. The van der Waals surface area contributed by atoms with Crippen LogP contribution in [-0.2, 0) is 9.53 Å². The maximum absolute atomic E-state index is 11.6. The van der Waals surface area contributed by atoms with E-state index in [0.29, 0.717) is 22.2 Å². The van der Waals surface area contributed by atoms with E-state index in [2.05, 4.69) is 20.8 Å². The fraction of sp³-hybridized carbons (Fsp3) is 0.955. The fourth-order valence-electron chi connectivity index (χ4n) is 9.24. The van der Waals surface area contributed by atoms with Crippen molar-refractivity contribution in [3.63, 3.8) is 0 Å². The molecule has 6 aliphatic carbocycles. The van der Waals surface area contributed by atoms with E-state index < -0.39 is 0 Å². The Morgan fingerprint density at radius 3 is 2.44 bits per heavy atom. The largest absolute Gasteiger partial charge is 0.462 e. The molecule has 6 saturated carbocycles. The molecule has 6 aliphatic rings. The van der Waals surface area contributed by atoms with Gasteiger partial charge in [-0.2, -0.15) is 0 Å². The molecule has 3 heteroatoms. The van der Waals surface area contributed by atoms with Crippen LogP contribution < -0.4 is 0 Å². The van der Waals surface area contributed by atoms with Crippen LogP contribution in [0.25, 0.3) is 0 Å². The minimum Gasteiger partial charge on any atom is -0.462 e. The summed E-state index contributed by atoms with van der Waals surface area (Å²) >= 11 is 0. The van der Waals surface area contributed by atoms with Gasteiger partial charge in [-0.25, -0.2) is 0 Å². The highest BCUT2D eigenvalue weighted by Crippen LogP contribution is 2.85. The van der Waals surface area contributed by atoms with E-state index in [-0.39, 0.29) is 24.1 Å². The van der Waals surface area contributed by atoms with Crippen molar-refractivity contribution in [2.24, 2.45) is 45.3 Å². The lowest BCUT2D eigenvalue weighted by atomic mass is 9.39. The van der Waals surface area contributed by atoms with Gasteiger partial charge in [0.2, 0.25) is 0 Å². The summed E-state index contributed by atoms with van der Waals surface area (Å²) in [6.45, 7) is 8.91. The normalized spacial score (nSPS) is 61.2. The average molecular weight is 347 g/mol. The first-order chi connectivity index (χ1) is 11.7. The van der Waals surface area contributed by atoms with Crippen molar-refractivity contribution in [3.8, 4) is 0 Å². The second kappa shape index (κ2) is 4.64. The number of aliphatic hydroxyl groups excluding tert-OH is 1. The van der Waals surface area contributed by atoms with Crippen molar-refractivity contribution in [2.75, 3.05) is 6.61 Å². The smallest absolute Gasteiger partial charge is 0.302 e. The summed E-state index contributed by atoms with van der Waals surface area (Å²) in [6.07, 6.45) is 8.86. The highest BCUT2D eigenvalue weighted by atomic mass is 16.5. The van der Waals surface area contributed by atoms with Crippen LogP contribution in [0.4, 0.5) is 0 Å². The molecular weight excluding hydrogens is 312 g/mol. The Labute approximate surface area is 151 Å². The third kappa shape index (κ3) is 1.79. The monoisotopic (exact) mass is 346 g/mol. The minimum atomic E-state index is -0.284. The molecule has 0 aromatic rings. The number of carbonyl (C=O) groups is 1. The molecule has 6 rings (SSSR count). The third-order valence-corrected chi connectivity index (χ3v) is 10.3. The molecule has 6 fully saturated rings. The summed E-state index contributed by atoms with van der Waals surface area (Å²) < 4.78 is 5.71. The van der Waals surface area contributed by atoms with Crippen molar-refractivity contribution in [1.29, 1.82) is 0 Å². The zero-order valence-electron chi connectivity index (χ0n) is 16.3. The summed E-state index contributed by atoms with van der Waals surface area (Å²) in [5, 5.41) is 10.4. The highest BCUT2D eigenvalue weighted by Gasteiger charge is 2.78. The molecule has 4 bridgehead atoms. The molecule has 0 aliphatic heterocycles. The van der Waals surface area contributed by atoms with E-state index >= 15 is 0 Å². The lowest BCUT2D eigenvalue weighted by Gasteiger charge is -2.66.